The first-order chi connectivity index (χ1) is 11.5. The van der Waals surface area contributed by atoms with E-state index in [-0.39, 0.29) is 11.5 Å². The summed E-state index contributed by atoms with van der Waals surface area (Å²) < 4.78 is 33.6. The standard InChI is InChI=1S/C17H10Br2F2N2O/c18-11-3-1-2-10(6-11)7-17-23-22-16(24-17)5-4-13-14(19)8-12(20)9-15(13)21/h1-6,8-9H,7H2. The quantitative estimate of drug-likeness (QED) is 0.511. The summed E-state index contributed by atoms with van der Waals surface area (Å²) in [6.45, 7) is 0. The molecule has 3 rings (SSSR count). The summed E-state index contributed by atoms with van der Waals surface area (Å²) in [5.74, 6) is -0.625. The van der Waals surface area contributed by atoms with E-state index >= 15 is 0 Å². The Morgan fingerprint density at radius 2 is 1.88 bits per heavy atom. The van der Waals surface area contributed by atoms with Gasteiger partial charge >= 0.3 is 0 Å². The Kier molecular flexibility index (Phi) is 5.20. The van der Waals surface area contributed by atoms with Crippen molar-refractivity contribution in [3.05, 3.63) is 79.9 Å². The van der Waals surface area contributed by atoms with Crippen LogP contribution in [0.25, 0.3) is 12.2 Å². The van der Waals surface area contributed by atoms with E-state index < -0.39 is 11.6 Å². The second-order valence-electron chi connectivity index (χ2n) is 4.96. The molecule has 0 aliphatic rings. The molecule has 0 N–H and O–H groups in total. The van der Waals surface area contributed by atoms with Gasteiger partial charge in [-0.3, -0.25) is 0 Å². The van der Waals surface area contributed by atoms with Gasteiger partial charge in [0.1, 0.15) is 11.6 Å². The molecular weight excluding hydrogens is 446 g/mol. The van der Waals surface area contributed by atoms with Gasteiger partial charge in [-0.15, -0.1) is 10.2 Å². The molecule has 24 heavy (non-hydrogen) atoms. The maximum absolute atomic E-state index is 13.8. The summed E-state index contributed by atoms with van der Waals surface area (Å²) in [6, 6.07) is 9.78. The first-order valence-corrected chi connectivity index (χ1v) is 8.49. The minimum absolute atomic E-state index is 0.211. The molecule has 3 aromatic rings. The van der Waals surface area contributed by atoms with Gasteiger partial charge in [0.15, 0.2) is 0 Å². The Balaban J connectivity index is 1.77. The molecule has 0 aliphatic heterocycles. The van der Waals surface area contributed by atoms with Crippen LogP contribution in [0.2, 0.25) is 0 Å². The minimum Gasteiger partial charge on any atom is -0.421 e. The van der Waals surface area contributed by atoms with Gasteiger partial charge in [0.25, 0.3) is 0 Å². The number of hydrogen-bond acceptors (Lipinski definition) is 3. The molecule has 0 saturated heterocycles. The minimum atomic E-state index is -0.674. The van der Waals surface area contributed by atoms with Crippen molar-refractivity contribution in [3.8, 4) is 0 Å². The number of nitrogens with zero attached hydrogens (tertiary/aromatic N) is 2. The van der Waals surface area contributed by atoms with Gasteiger partial charge in [-0.1, -0.05) is 28.1 Å². The first kappa shape index (κ1) is 17.0. The predicted octanol–water partition coefficient (Wildman–Crippen LogP) is 5.63. The summed E-state index contributed by atoms with van der Waals surface area (Å²) >= 11 is 6.53. The molecule has 3 nitrogen and oxygen atoms in total. The average Bonchev–Trinajstić information content (AvgIpc) is 2.93. The van der Waals surface area contributed by atoms with Crippen molar-refractivity contribution in [1.29, 1.82) is 0 Å². The summed E-state index contributed by atoms with van der Waals surface area (Å²) in [7, 11) is 0. The fraction of sp³-hybridized carbons (Fsp3) is 0.0588. The zero-order chi connectivity index (χ0) is 17.1. The zero-order valence-electron chi connectivity index (χ0n) is 12.1. The second-order valence-corrected chi connectivity index (χ2v) is 6.73. The molecule has 0 saturated carbocycles. The van der Waals surface area contributed by atoms with Crippen LogP contribution in [0.5, 0.6) is 0 Å². The molecule has 0 atom stereocenters. The lowest BCUT2D eigenvalue weighted by Crippen LogP contribution is -1.87. The van der Waals surface area contributed by atoms with Gasteiger partial charge in [0.05, 0.1) is 6.42 Å². The lowest BCUT2D eigenvalue weighted by molar-refractivity contribution is 0.496. The fourth-order valence-electron chi connectivity index (χ4n) is 2.09. The zero-order valence-corrected chi connectivity index (χ0v) is 15.3. The molecule has 0 radical (unpaired) electrons. The van der Waals surface area contributed by atoms with Crippen molar-refractivity contribution >= 4 is 44.0 Å². The Morgan fingerprint density at radius 1 is 1.04 bits per heavy atom. The fourth-order valence-corrected chi connectivity index (χ4v) is 3.08. The lowest BCUT2D eigenvalue weighted by Gasteiger charge is -2.00. The van der Waals surface area contributed by atoms with Crippen LogP contribution in [0, 0.1) is 11.6 Å². The summed E-state index contributed by atoms with van der Waals surface area (Å²) in [5, 5.41) is 7.86. The largest absolute Gasteiger partial charge is 0.421 e. The highest BCUT2D eigenvalue weighted by Gasteiger charge is 2.09. The Morgan fingerprint density at radius 3 is 2.62 bits per heavy atom. The summed E-state index contributed by atoms with van der Waals surface area (Å²) in [5.41, 5.74) is 1.24. The topological polar surface area (TPSA) is 38.9 Å². The molecule has 122 valence electrons. The van der Waals surface area contributed by atoms with E-state index in [0.29, 0.717) is 16.8 Å². The molecule has 1 heterocycles. The maximum Gasteiger partial charge on any atom is 0.240 e. The van der Waals surface area contributed by atoms with Gasteiger partial charge < -0.3 is 4.42 Å². The highest BCUT2D eigenvalue weighted by atomic mass is 79.9. The van der Waals surface area contributed by atoms with Crippen molar-refractivity contribution in [2.45, 2.75) is 6.42 Å². The van der Waals surface area contributed by atoms with Crippen LogP contribution in [0.1, 0.15) is 22.9 Å². The van der Waals surface area contributed by atoms with Gasteiger partial charge in [-0.2, -0.15) is 0 Å². The maximum atomic E-state index is 13.8. The van der Waals surface area contributed by atoms with Gasteiger partial charge in [0.2, 0.25) is 11.8 Å². The van der Waals surface area contributed by atoms with Crippen LogP contribution in [-0.2, 0) is 6.42 Å². The van der Waals surface area contributed by atoms with E-state index in [4.69, 9.17) is 4.42 Å². The first-order valence-electron chi connectivity index (χ1n) is 6.91. The summed E-state index contributed by atoms with van der Waals surface area (Å²) in [4.78, 5) is 0. The average molecular weight is 456 g/mol. The molecule has 0 bridgehead atoms. The molecule has 0 aliphatic carbocycles. The smallest absolute Gasteiger partial charge is 0.240 e. The highest BCUT2D eigenvalue weighted by molar-refractivity contribution is 9.10. The Labute approximate surface area is 153 Å². The van der Waals surface area contributed by atoms with Crippen molar-refractivity contribution in [3.63, 3.8) is 0 Å². The van der Waals surface area contributed by atoms with E-state index in [1.54, 1.807) is 0 Å². The van der Waals surface area contributed by atoms with Crippen LogP contribution < -0.4 is 0 Å². The van der Waals surface area contributed by atoms with E-state index in [0.717, 1.165) is 16.1 Å². The Hall–Kier alpha value is -1.86. The number of rotatable bonds is 4. The number of aromatic nitrogens is 2. The molecule has 0 fully saturated rings. The van der Waals surface area contributed by atoms with Crippen molar-refractivity contribution in [2.24, 2.45) is 0 Å². The molecule has 0 amide bonds. The molecule has 0 unspecified atom stereocenters. The van der Waals surface area contributed by atoms with Crippen LogP contribution in [0.15, 0.2) is 49.8 Å². The van der Waals surface area contributed by atoms with Crippen molar-refractivity contribution in [2.75, 3.05) is 0 Å². The van der Waals surface area contributed by atoms with Crippen LogP contribution >= 0.6 is 31.9 Å². The molecule has 0 spiro atoms. The molecule has 2 aromatic carbocycles. The van der Waals surface area contributed by atoms with E-state index in [1.165, 1.54) is 18.2 Å². The van der Waals surface area contributed by atoms with Crippen LogP contribution in [-0.4, -0.2) is 10.2 Å². The highest BCUT2D eigenvalue weighted by Crippen LogP contribution is 2.24. The van der Waals surface area contributed by atoms with Crippen molar-refractivity contribution in [1.82, 2.24) is 10.2 Å². The number of hydrogen-bond donors (Lipinski definition) is 0. The second kappa shape index (κ2) is 7.36. The number of halogens is 4. The van der Waals surface area contributed by atoms with E-state index in [2.05, 4.69) is 42.1 Å². The van der Waals surface area contributed by atoms with E-state index in [1.807, 2.05) is 24.3 Å². The lowest BCUT2D eigenvalue weighted by atomic mass is 10.1. The summed E-state index contributed by atoms with van der Waals surface area (Å²) in [6.07, 6.45) is 3.43. The monoisotopic (exact) mass is 454 g/mol. The Bertz CT molecular complexity index is 886. The third kappa shape index (κ3) is 4.15. The normalized spacial score (nSPS) is 11.3. The predicted molar refractivity (Wildman–Crippen MR) is 94.2 cm³/mol. The SMILES string of the molecule is Fc1cc(F)c(C=Cc2nnc(Cc3cccc(Br)c3)o2)c(Br)c1. The van der Waals surface area contributed by atoms with Gasteiger partial charge in [-0.05, 0) is 45.8 Å². The van der Waals surface area contributed by atoms with E-state index in [9.17, 15) is 8.78 Å². The molecule has 1 aromatic heterocycles. The third-order valence-corrected chi connectivity index (χ3v) is 4.31. The third-order valence-electron chi connectivity index (χ3n) is 3.16. The van der Waals surface area contributed by atoms with Gasteiger partial charge in [-0.25, -0.2) is 8.78 Å². The van der Waals surface area contributed by atoms with Gasteiger partial charge in [0, 0.05) is 26.7 Å². The van der Waals surface area contributed by atoms with Crippen LogP contribution in [0.4, 0.5) is 8.78 Å². The van der Waals surface area contributed by atoms with Crippen molar-refractivity contribution < 1.29 is 13.2 Å². The number of benzene rings is 2. The molecule has 7 heteroatoms. The molecular formula is C17H10Br2F2N2O. The van der Waals surface area contributed by atoms with Crippen LogP contribution in [0.3, 0.4) is 0 Å².